The molecule has 2 aliphatic rings. The average molecular weight is 302 g/mol. The molecule has 1 aliphatic carbocycles. The van der Waals surface area contributed by atoms with Crippen LogP contribution in [0, 0.1) is 5.92 Å². The molecule has 0 spiro atoms. The lowest BCUT2D eigenvalue weighted by Crippen LogP contribution is -2.55. The first-order valence-electron chi connectivity index (χ1n) is 8.27. The number of hydrogen-bond donors (Lipinski definition) is 1. The number of rotatable bonds is 6. The van der Waals surface area contributed by atoms with Crippen molar-refractivity contribution in [3.05, 3.63) is 0 Å². The summed E-state index contributed by atoms with van der Waals surface area (Å²) in [6.45, 7) is 5.71. The lowest BCUT2D eigenvalue weighted by Gasteiger charge is -2.42. The van der Waals surface area contributed by atoms with Crippen LogP contribution in [0.1, 0.15) is 45.4 Å². The summed E-state index contributed by atoms with van der Waals surface area (Å²) in [5, 5.41) is 3.49. The van der Waals surface area contributed by atoms with Gasteiger partial charge in [0.05, 0.1) is 5.75 Å². The Morgan fingerprint density at radius 2 is 1.90 bits per heavy atom. The van der Waals surface area contributed by atoms with Crippen molar-refractivity contribution in [2.24, 2.45) is 5.92 Å². The molecule has 1 atom stereocenters. The fraction of sp³-hybridized carbons (Fsp3) is 1.00. The van der Waals surface area contributed by atoms with Gasteiger partial charge in [-0.3, -0.25) is 4.90 Å². The zero-order valence-corrected chi connectivity index (χ0v) is 13.6. The molecule has 1 N–H and O–H groups in total. The number of nitrogens with one attached hydrogen (secondary N) is 1. The Balaban J connectivity index is 1.89. The second kappa shape index (κ2) is 7.76. The Hall–Kier alpha value is -0.130. The van der Waals surface area contributed by atoms with Crippen LogP contribution < -0.4 is 5.32 Å². The number of piperazine rings is 1. The first-order chi connectivity index (χ1) is 9.62. The summed E-state index contributed by atoms with van der Waals surface area (Å²) in [4.78, 5) is 2.44. The molecule has 1 saturated carbocycles. The van der Waals surface area contributed by atoms with E-state index in [1.54, 1.807) is 0 Å². The quantitative estimate of drug-likeness (QED) is 0.811. The third-order valence-electron chi connectivity index (χ3n) is 4.80. The minimum absolute atomic E-state index is 0.337. The maximum Gasteiger partial charge on any atom is 0.151 e. The van der Waals surface area contributed by atoms with Gasteiger partial charge in [-0.2, -0.15) is 0 Å². The molecule has 0 aromatic heterocycles. The fourth-order valence-corrected chi connectivity index (χ4v) is 5.04. The highest BCUT2D eigenvalue weighted by Gasteiger charge is 2.31. The van der Waals surface area contributed by atoms with Gasteiger partial charge in [0.2, 0.25) is 0 Å². The van der Waals surface area contributed by atoms with Gasteiger partial charge in [0.1, 0.15) is 0 Å². The summed E-state index contributed by atoms with van der Waals surface area (Å²) < 4.78 is 23.8. The molecular formula is C15H30N2O2S. The largest absolute Gasteiger partial charge is 0.314 e. The van der Waals surface area contributed by atoms with Crippen LogP contribution >= 0.6 is 0 Å². The van der Waals surface area contributed by atoms with E-state index in [-0.39, 0.29) is 0 Å². The molecule has 20 heavy (non-hydrogen) atoms. The van der Waals surface area contributed by atoms with E-state index in [1.807, 2.05) is 6.92 Å². The van der Waals surface area contributed by atoms with Crippen LogP contribution in [0.15, 0.2) is 0 Å². The van der Waals surface area contributed by atoms with E-state index < -0.39 is 9.84 Å². The monoisotopic (exact) mass is 302 g/mol. The summed E-state index contributed by atoms with van der Waals surface area (Å²) >= 11 is 0. The first-order valence-corrected chi connectivity index (χ1v) is 10.1. The maximum absolute atomic E-state index is 11.9. The predicted molar refractivity (Wildman–Crippen MR) is 83.8 cm³/mol. The summed E-state index contributed by atoms with van der Waals surface area (Å²) in [5.74, 6) is 1.45. The van der Waals surface area contributed by atoms with Crippen molar-refractivity contribution in [2.45, 2.75) is 51.5 Å². The van der Waals surface area contributed by atoms with Crippen LogP contribution in [0.4, 0.5) is 0 Å². The summed E-state index contributed by atoms with van der Waals surface area (Å²) in [7, 11) is -2.85. The highest BCUT2D eigenvalue weighted by atomic mass is 32.2. The van der Waals surface area contributed by atoms with Crippen LogP contribution in [0.5, 0.6) is 0 Å². The molecule has 1 saturated heterocycles. The molecule has 0 amide bonds. The van der Waals surface area contributed by atoms with Crippen molar-refractivity contribution in [1.82, 2.24) is 10.2 Å². The molecule has 4 nitrogen and oxygen atoms in total. The molecule has 1 heterocycles. The van der Waals surface area contributed by atoms with Gasteiger partial charge in [0.15, 0.2) is 9.84 Å². The van der Waals surface area contributed by atoms with E-state index in [9.17, 15) is 8.42 Å². The zero-order valence-electron chi connectivity index (χ0n) is 12.8. The molecule has 1 unspecified atom stereocenters. The van der Waals surface area contributed by atoms with Gasteiger partial charge in [0.25, 0.3) is 0 Å². The van der Waals surface area contributed by atoms with E-state index in [4.69, 9.17) is 0 Å². The second-order valence-electron chi connectivity index (χ2n) is 6.36. The molecule has 0 aromatic rings. The maximum atomic E-state index is 11.9. The number of nitrogens with zero attached hydrogens (tertiary/aromatic N) is 1. The van der Waals surface area contributed by atoms with Gasteiger partial charge in [-0.15, -0.1) is 0 Å². The summed E-state index contributed by atoms with van der Waals surface area (Å²) in [6.07, 6.45) is 7.46. The van der Waals surface area contributed by atoms with Crippen LogP contribution in [0.3, 0.4) is 0 Å². The lowest BCUT2D eigenvalue weighted by atomic mass is 9.82. The molecule has 1 aliphatic heterocycles. The van der Waals surface area contributed by atoms with Gasteiger partial charge in [-0.05, 0) is 25.2 Å². The normalized spacial score (nSPS) is 26.8. The third-order valence-corrected chi connectivity index (χ3v) is 6.63. The van der Waals surface area contributed by atoms with Crippen LogP contribution in [0.2, 0.25) is 0 Å². The standard InChI is InChI=1S/C15H30N2O2S/c1-2-11-20(18,19)12-10-17-9-8-16-13-15(17)14-6-4-3-5-7-14/h14-16H,2-13H2,1H3. The zero-order chi connectivity index (χ0) is 14.4. The van der Waals surface area contributed by atoms with Crippen LogP contribution in [0.25, 0.3) is 0 Å². The molecule has 0 aromatic carbocycles. The van der Waals surface area contributed by atoms with E-state index in [2.05, 4.69) is 10.2 Å². The Kier molecular flexibility index (Phi) is 6.30. The SMILES string of the molecule is CCCS(=O)(=O)CCN1CCNCC1C1CCCCC1. The Labute approximate surface area is 124 Å². The fourth-order valence-electron chi connectivity index (χ4n) is 3.70. The van der Waals surface area contributed by atoms with Gasteiger partial charge in [-0.1, -0.05) is 26.2 Å². The van der Waals surface area contributed by atoms with Crippen molar-refractivity contribution in [3.63, 3.8) is 0 Å². The van der Waals surface area contributed by atoms with Crippen LogP contribution in [-0.2, 0) is 9.84 Å². The smallest absolute Gasteiger partial charge is 0.151 e. The van der Waals surface area contributed by atoms with E-state index in [1.165, 1.54) is 32.1 Å². The molecule has 2 rings (SSSR count). The number of hydrogen-bond acceptors (Lipinski definition) is 4. The van der Waals surface area contributed by atoms with Crippen molar-refractivity contribution in [1.29, 1.82) is 0 Å². The van der Waals surface area contributed by atoms with E-state index in [0.717, 1.165) is 38.5 Å². The lowest BCUT2D eigenvalue weighted by molar-refractivity contribution is 0.0986. The third kappa shape index (κ3) is 4.71. The summed E-state index contributed by atoms with van der Waals surface area (Å²) in [6, 6.07) is 0.556. The van der Waals surface area contributed by atoms with E-state index >= 15 is 0 Å². The van der Waals surface area contributed by atoms with Crippen LogP contribution in [-0.4, -0.2) is 57.0 Å². The number of sulfone groups is 1. The molecule has 0 radical (unpaired) electrons. The van der Waals surface area contributed by atoms with Crippen molar-refractivity contribution in [2.75, 3.05) is 37.7 Å². The highest BCUT2D eigenvalue weighted by Crippen LogP contribution is 2.29. The molecular weight excluding hydrogens is 272 g/mol. The van der Waals surface area contributed by atoms with Crippen molar-refractivity contribution in [3.8, 4) is 0 Å². The predicted octanol–water partition coefficient (Wildman–Crippen LogP) is 1.67. The Morgan fingerprint density at radius 1 is 1.15 bits per heavy atom. The second-order valence-corrected chi connectivity index (χ2v) is 8.66. The topological polar surface area (TPSA) is 49.4 Å². The molecule has 2 fully saturated rings. The van der Waals surface area contributed by atoms with Crippen molar-refractivity contribution >= 4 is 9.84 Å². The van der Waals surface area contributed by atoms with Gasteiger partial charge in [0, 0.05) is 38.0 Å². The van der Waals surface area contributed by atoms with E-state index in [0.29, 0.717) is 17.5 Å². The highest BCUT2D eigenvalue weighted by molar-refractivity contribution is 7.91. The molecule has 0 bridgehead atoms. The summed E-state index contributed by atoms with van der Waals surface area (Å²) in [5.41, 5.74) is 0. The minimum Gasteiger partial charge on any atom is -0.314 e. The molecule has 118 valence electrons. The first kappa shape index (κ1) is 16.2. The van der Waals surface area contributed by atoms with Crippen molar-refractivity contribution < 1.29 is 8.42 Å². The molecule has 5 heteroatoms. The average Bonchev–Trinajstić information content (AvgIpc) is 2.46. The van der Waals surface area contributed by atoms with Gasteiger partial charge in [-0.25, -0.2) is 8.42 Å². The Bertz CT molecular complexity index is 377. The van der Waals surface area contributed by atoms with Gasteiger partial charge < -0.3 is 5.32 Å². The Morgan fingerprint density at radius 3 is 2.60 bits per heavy atom. The van der Waals surface area contributed by atoms with Gasteiger partial charge >= 0.3 is 0 Å². The minimum atomic E-state index is -2.85.